The second-order valence-electron chi connectivity index (χ2n) is 7.80. The van der Waals surface area contributed by atoms with Crippen LogP contribution in [0, 0.1) is 6.92 Å². The number of amides is 3. The van der Waals surface area contributed by atoms with Gasteiger partial charge in [0.05, 0.1) is 11.4 Å². The Hall–Kier alpha value is -2.91. The molecule has 2 heterocycles. The molecule has 0 unspecified atom stereocenters. The van der Waals surface area contributed by atoms with E-state index in [0.29, 0.717) is 16.0 Å². The van der Waals surface area contributed by atoms with E-state index in [1.807, 2.05) is 62.6 Å². The van der Waals surface area contributed by atoms with Crippen LogP contribution in [0.2, 0.25) is 5.02 Å². The van der Waals surface area contributed by atoms with Crippen molar-refractivity contribution >= 4 is 35.3 Å². The summed E-state index contributed by atoms with van der Waals surface area (Å²) in [6, 6.07) is 8.69. The largest absolute Gasteiger partial charge is 0.333 e. The molecular weight excluding hydrogens is 436 g/mol. The van der Waals surface area contributed by atoms with Crippen LogP contribution in [0.1, 0.15) is 26.3 Å². The van der Waals surface area contributed by atoms with Crippen molar-refractivity contribution < 1.29 is 9.59 Å². The van der Waals surface area contributed by atoms with Crippen molar-refractivity contribution in [2.24, 2.45) is 0 Å². The first-order valence-electron chi connectivity index (χ1n) is 9.52. The molecule has 0 aliphatic carbocycles. The van der Waals surface area contributed by atoms with Gasteiger partial charge in [-0.15, -0.1) is 10.2 Å². The van der Waals surface area contributed by atoms with Crippen LogP contribution in [0.3, 0.4) is 0 Å². The molecule has 0 fully saturated rings. The third kappa shape index (κ3) is 5.83. The Balaban J connectivity index is 1.88. The lowest BCUT2D eigenvalue weighted by atomic mass is 10.1. The summed E-state index contributed by atoms with van der Waals surface area (Å²) in [6.07, 6.45) is 3.35. The minimum absolute atomic E-state index is 0.00828. The zero-order valence-corrected chi connectivity index (χ0v) is 19.2. The maximum absolute atomic E-state index is 12.3. The number of carbonyl (C=O) groups is 2. The Morgan fingerprint density at radius 3 is 2.52 bits per heavy atom. The Kier molecular flexibility index (Phi) is 6.97. The molecule has 0 atom stereocenters. The van der Waals surface area contributed by atoms with Gasteiger partial charge in [-0.3, -0.25) is 19.7 Å². The second-order valence-corrected chi connectivity index (χ2v) is 9.15. The third-order valence-corrected chi connectivity index (χ3v) is 5.46. The number of benzene rings is 1. The molecule has 1 aromatic carbocycles. The van der Waals surface area contributed by atoms with E-state index in [0.717, 1.165) is 16.8 Å². The van der Waals surface area contributed by atoms with Gasteiger partial charge in [0.1, 0.15) is 0 Å². The lowest BCUT2D eigenvalue weighted by molar-refractivity contribution is -0.117. The number of imide groups is 1. The standard InChI is InChI=1S/C21H23ClN6O2S/c1-13-15(22)6-5-7-16(13)28-18(14-8-10-23-11-9-14)26-27-20(28)31-12-17(29)24-19(30)25-21(2,3)4/h5-11H,12H2,1-4H3,(H2,24,25,29,30). The topological polar surface area (TPSA) is 102 Å². The summed E-state index contributed by atoms with van der Waals surface area (Å²) in [6.45, 7) is 7.42. The summed E-state index contributed by atoms with van der Waals surface area (Å²) in [5.74, 6) is 0.154. The Morgan fingerprint density at radius 2 is 1.84 bits per heavy atom. The molecule has 0 aliphatic heterocycles. The summed E-state index contributed by atoms with van der Waals surface area (Å²) in [5, 5.41) is 14.7. The Bertz CT molecular complexity index is 1090. The van der Waals surface area contributed by atoms with E-state index in [1.54, 1.807) is 12.4 Å². The third-order valence-electron chi connectivity index (χ3n) is 4.13. The molecule has 2 N–H and O–H groups in total. The fourth-order valence-corrected chi connectivity index (χ4v) is 3.69. The highest BCUT2D eigenvalue weighted by molar-refractivity contribution is 7.99. The first kappa shape index (κ1) is 22.8. The van der Waals surface area contributed by atoms with E-state index in [9.17, 15) is 9.59 Å². The number of aromatic nitrogens is 4. The molecule has 3 amide bonds. The van der Waals surface area contributed by atoms with Gasteiger partial charge in [-0.2, -0.15) is 0 Å². The highest BCUT2D eigenvalue weighted by atomic mass is 35.5. The maximum Gasteiger partial charge on any atom is 0.321 e. The zero-order chi connectivity index (χ0) is 22.6. The molecule has 0 aliphatic rings. The molecule has 162 valence electrons. The van der Waals surface area contributed by atoms with E-state index < -0.39 is 17.5 Å². The number of carbonyl (C=O) groups excluding carboxylic acids is 2. The second kappa shape index (κ2) is 9.49. The van der Waals surface area contributed by atoms with Gasteiger partial charge in [-0.25, -0.2) is 4.79 Å². The van der Waals surface area contributed by atoms with Crippen LogP contribution < -0.4 is 10.6 Å². The fourth-order valence-electron chi connectivity index (χ4n) is 2.77. The summed E-state index contributed by atoms with van der Waals surface area (Å²) < 4.78 is 1.85. The average Bonchev–Trinajstić information content (AvgIpc) is 3.11. The van der Waals surface area contributed by atoms with E-state index in [1.165, 1.54) is 11.8 Å². The van der Waals surface area contributed by atoms with Crippen LogP contribution in [0.5, 0.6) is 0 Å². The molecule has 0 saturated carbocycles. The monoisotopic (exact) mass is 458 g/mol. The first-order valence-corrected chi connectivity index (χ1v) is 10.9. The van der Waals surface area contributed by atoms with Gasteiger partial charge in [0.15, 0.2) is 11.0 Å². The van der Waals surface area contributed by atoms with E-state index >= 15 is 0 Å². The smallest absolute Gasteiger partial charge is 0.321 e. The molecule has 3 aromatic rings. The van der Waals surface area contributed by atoms with E-state index in [4.69, 9.17) is 11.6 Å². The predicted molar refractivity (Wildman–Crippen MR) is 121 cm³/mol. The van der Waals surface area contributed by atoms with Crippen molar-refractivity contribution in [3.8, 4) is 17.1 Å². The van der Waals surface area contributed by atoms with Crippen molar-refractivity contribution in [1.82, 2.24) is 30.4 Å². The van der Waals surface area contributed by atoms with Gasteiger partial charge < -0.3 is 5.32 Å². The molecule has 0 spiro atoms. The van der Waals surface area contributed by atoms with Crippen LogP contribution in [0.15, 0.2) is 47.9 Å². The molecule has 0 bridgehead atoms. The average molecular weight is 459 g/mol. The molecule has 0 radical (unpaired) electrons. The highest BCUT2D eigenvalue weighted by Crippen LogP contribution is 2.31. The van der Waals surface area contributed by atoms with Gasteiger partial charge in [0.2, 0.25) is 5.91 Å². The van der Waals surface area contributed by atoms with E-state index in [2.05, 4.69) is 25.8 Å². The lowest BCUT2D eigenvalue weighted by Crippen LogP contribution is -2.48. The lowest BCUT2D eigenvalue weighted by Gasteiger charge is -2.20. The zero-order valence-electron chi connectivity index (χ0n) is 17.6. The number of hydrogen-bond donors (Lipinski definition) is 2. The number of nitrogens with one attached hydrogen (secondary N) is 2. The number of hydrogen-bond acceptors (Lipinski definition) is 6. The first-order chi connectivity index (χ1) is 14.7. The maximum atomic E-state index is 12.3. The summed E-state index contributed by atoms with van der Waals surface area (Å²) in [7, 11) is 0. The number of pyridine rings is 1. The molecular formula is C21H23ClN6O2S. The minimum Gasteiger partial charge on any atom is -0.333 e. The minimum atomic E-state index is -0.539. The number of urea groups is 1. The molecule has 2 aromatic heterocycles. The van der Waals surface area contributed by atoms with Crippen LogP contribution in [0.4, 0.5) is 4.79 Å². The van der Waals surface area contributed by atoms with Gasteiger partial charge in [0.25, 0.3) is 0 Å². The molecule has 8 nitrogen and oxygen atoms in total. The SMILES string of the molecule is Cc1c(Cl)cccc1-n1c(SCC(=O)NC(=O)NC(C)(C)C)nnc1-c1ccncc1. The fraction of sp³-hybridized carbons (Fsp3) is 0.286. The van der Waals surface area contributed by atoms with Crippen molar-refractivity contribution in [3.63, 3.8) is 0 Å². The van der Waals surface area contributed by atoms with Crippen molar-refractivity contribution in [3.05, 3.63) is 53.3 Å². The molecule has 10 heteroatoms. The quantitative estimate of drug-likeness (QED) is 0.560. The molecule has 0 saturated heterocycles. The van der Waals surface area contributed by atoms with Gasteiger partial charge in [-0.1, -0.05) is 29.4 Å². The summed E-state index contributed by atoms with van der Waals surface area (Å²) in [4.78, 5) is 28.3. The van der Waals surface area contributed by atoms with Crippen LogP contribution in [0.25, 0.3) is 17.1 Å². The molecule has 3 rings (SSSR count). The van der Waals surface area contributed by atoms with E-state index in [-0.39, 0.29) is 5.75 Å². The number of thioether (sulfide) groups is 1. The van der Waals surface area contributed by atoms with Gasteiger partial charge >= 0.3 is 6.03 Å². The van der Waals surface area contributed by atoms with Crippen molar-refractivity contribution in [1.29, 1.82) is 0 Å². The normalized spacial score (nSPS) is 11.3. The Labute approximate surface area is 189 Å². The van der Waals surface area contributed by atoms with Crippen LogP contribution >= 0.6 is 23.4 Å². The van der Waals surface area contributed by atoms with Crippen LogP contribution in [-0.4, -0.2) is 43.0 Å². The predicted octanol–water partition coefficient (Wildman–Crippen LogP) is 4.01. The number of nitrogens with zero attached hydrogens (tertiary/aromatic N) is 4. The number of halogens is 1. The Morgan fingerprint density at radius 1 is 1.13 bits per heavy atom. The van der Waals surface area contributed by atoms with Crippen LogP contribution in [-0.2, 0) is 4.79 Å². The summed E-state index contributed by atoms with van der Waals surface area (Å²) in [5.41, 5.74) is 2.04. The summed E-state index contributed by atoms with van der Waals surface area (Å²) >= 11 is 7.52. The highest BCUT2D eigenvalue weighted by Gasteiger charge is 2.20. The molecule has 31 heavy (non-hydrogen) atoms. The van der Waals surface area contributed by atoms with Gasteiger partial charge in [-0.05, 0) is 57.5 Å². The van der Waals surface area contributed by atoms with Gasteiger partial charge in [0, 0.05) is 28.5 Å². The number of rotatable bonds is 5. The van der Waals surface area contributed by atoms with Crippen molar-refractivity contribution in [2.75, 3.05) is 5.75 Å². The van der Waals surface area contributed by atoms with Crippen molar-refractivity contribution in [2.45, 2.75) is 38.4 Å².